The summed E-state index contributed by atoms with van der Waals surface area (Å²) in [5.41, 5.74) is 4.19. The maximum atomic E-state index is 5.07. The molecule has 0 N–H and O–H groups in total. The molecule has 0 saturated heterocycles. The van der Waals surface area contributed by atoms with Gasteiger partial charge in [-0.25, -0.2) is 9.50 Å². The Morgan fingerprint density at radius 1 is 1.14 bits per heavy atom. The highest BCUT2D eigenvalue weighted by atomic mass is 15.2. The third-order valence-electron chi connectivity index (χ3n) is 6.52. The number of nitrogens with zero attached hydrogens (tertiary/aromatic N) is 3. The smallest absolute Gasteiger partial charge is 0.155 e. The summed E-state index contributed by atoms with van der Waals surface area (Å²) in [5, 5.41) is 4.48. The van der Waals surface area contributed by atoms with Gasteiger partial charge >= 0.3 is 0 Å². The zero-order valence-electron chi connectivity index (χ0n) is 13.5. The molecular weight excluding hydrogens is 270 g/mol. The first-order valence-electron chi connectivity index (χ1n) is 9.10. The van der Waals surface area contributed by atoms with Gasteiger partial charge in [-0.1, -0.05) is 13.3 Å². The molecule has 0 aliphatic heterocycles. The van der Waals surface area contributed by atoms with E-state index < -0.39 is 0 Å². The molecule has 4 saturated carbocycles. The van der Waals surface area contributed by atoms with E-state index in [0.29, 0.717) is 5.41 Å². The minimum atomic E-state index is 0.392. The van der Waals surface area contributed by atoms with Crippen molar-refractivity contribution < 1.29 is 0 Å². The molecule has 4 bridgehead atoms. The Labute approximate surface area is 132 Å². The lowest BCUT2D eigenvalue weighted by atomic mass is 9.49. The number of aryl methyl sites for hydroxylation is 1. The van der Waals surface area contributed by atoms with Gasteiger partial charge in [0.2, 0.25) is 0 Å². The van der Waals surface area contributed by atoms with Crippen molar-refractivity contribution in [3.8, 4) is 0 Å². The van der Waals surface area contributed by atoms with Crippen LogP contribution in [0.4, 0.5) is 0 Å². The first-order valence-corrected chi connectivity index (χ1v) is 9.10. The van der Waals surface area contributed by atoms with Gasteiger partial charge in [0.1, 0.15) is 0 Å². The van der Waals surface area contributed by atoms with E-state index in [-0.39, 0.29) is 0 Å². The molecule has 4 aliphatic rings. The summed E-state index contributed by atoms with van der Waals surface area (Å²) in [5.74, 6) is 2.93. The largest absolute Gasteiger partial charge is 0.233 e. The van der Waals surface area contributed by atoms with Crippen molar-refractivity contribution in [2.75, 3.05) is 0 Å². The van der Waals surface area contributed by atoms with E-state index in [1.54, 1.807) is 0 Å². The third kappa shape index (κ3) is 1.80. The van der Waals surface area contributed by atoms with Gasteiger partial charge in [0, 0.05) is 17.2 Å². The number of aromatic nitrogens is 3. The molecule has 116 valence electrons. The Kier molecular flexibility index (Phi) is 2.71. The van der Waals surface area contributed by atoms with Crippen LogP contribution in [-0.2, 0) is 11.8 Å². The van der Waals surface area contributed by atoms with Crippen LogP contribution in [0.15, 0.2) is 18.3 Å². The molecule has 4 fully saturated rings. The summed E-state index contributed by atoms with van der Waals surface area (Å²) in [4.78, 5) is 5.07. The molecule has 2 aromatic rings. The quantitative estimate of drug-likeness (QED) is 0.851. The van der Waals surface area contributed by atoms with Gasteiger partial charge in [-0.15, -0.1) is 0 Å². The molecular formula is C19H25N3. The van der Waals surface area contributed by atoms with Crippen LogP contribution >= 0.6 is 0 Å². The lowest BCUT2D eigenvalue weighted by Gasteiger charge is -2.56. The number of rotatable bonds is 3. The van der Waals surface area contributed by atoms with Crippen LogP contribution in [0.3, 0.4) is 0 Å². The fourth-order valence-electron chi connectivity index (χ4n) is 6.11. The van der Waals surface area contributed by atoms with E-state index >= 15 is 0 Å². The Balaban J connectivity index is 1.64. The predicted octanol–water partition coefficient (Wildman–Crippen LogP) is 4.15. The Morgan fingerprint density at radius 2 is 1.82 bits per heavy atom. The molecule has 3 nitrogen and oxygen atoms in total. The summed E-state index contributed by atoms with van der Waals surface area (Å²) in [6.07, 6.45) is 12.8. The Hall–Kier alpha value is -1.38. The minimum absolute atomic E-state index is 0.392. The summed E-state index contributed by atoms with van der Waals surface area (Å²) >= 11 is 0. The Bertz CT molecular complexity index is 679. The highest BCUT2D eigenvalue weighted by molar-refractivity contribution is 5.41. The van der Waals surface area contributed by atoms with Gasteiger partial charge in [-0.05, 0) is 68.8 Å². The van der Waals surface area contributed by atoms with Crippen LogP contribution in [0.5, 0.6) is 0 Å². The average Bonchev–Trinajstić information content (AvgIpc) is 2.94. The number of fused-ring (bicyclic) bond motifs is 1. The van der Waals surface area contributed by atoms with Crippen LogP contribution in [0.25, 0.3) is 5.65 Å². The maximum absolute atomic E-state index is 5.07. The molecule has 0 unspecified atom stereocenters. The van der Waals surface area contributed by atoms with Crippen LogP contribution < -0.4 is 0 Å². The van der Waals surface area contributed by atoms with Gasteiger partial charge in [0.05, 0.1) is 11.9 Å². The number of hydrogen-bond donors (Lipinski definition) is 0. The van der Waals surface area contributed by atoms with E-state index in [1.165, 1.54) is 56.3 Å². The average molecular weight is 295 g/mol. The fraction of sp³-hybridized carbons (Fsp3) is 0.684. The van der Waals surface area contributed by atoms with Crippen LogP contribution in [0.2, 0.25) is 0 Å². The van der Waals surface area contributed by atoms with Crippen molar-refractivity contribution >= 4 is 5.65 Å². The highest BCUT2D eigenvalue weighted by Gasteiger charge is 2.52. The molecule has 0 amide bonds. The third-order valence-corrected chi connectivity index (χ3v) is 6.52. The standard InChI is InChI=1S/C19H25N3/c1-2-3-16-9-17(21-18-4-5-20-22(16)18)19-10-13-6-14(11-19)8-15(7-13)12-19/h4-5,9,13-15H,2-3,6-8,10-12H2,1H3. The van der Waals surface area contributed by atoms with Crippen LogP contribution in [0, 0.1) is 17.8 Å². The van der Waals surface area contributed by atoms with Crippen molar-refractivity contribution in [1.29, 1.82) is 0 Å². The molecule has 0 atom stereocenters. The SMILES string of the molecule is CCCc1cc(C23CC4CC(CC(C4)C2)C3)nc2ccnn12. The number of hydrogen-bond acceptors (Lipinski definition) is 2. The summed E-state index contributed by atoms with van der Waals surface area (Å²) in [7, 11) is 0. The van der Waals surface area contributed by atoms with Crippen molar-refractivity contribution in [2.24, 2.45) is 17.8 Å². The molecule has 0 aromatic carbocycles. The molecule has 22 heavy (non-hydrogen) atoms. The Morgan fingerprint density at radius 3 is 2.45 bits per heavy atom. The molecule has 2 aromatic heterocycles. The fourth-order valence-corrected chi connectivity index (χ4v) is 6.11. The molecule has 6 rings (SSSR count). The van der Waals surface area contributed by atoms with Gasteiger partial charge in [0.15, 0.2) is 5.65 Å². The zero-order valence-corrected chi connectivity index (χ0v) is 13.5. The second kappa shape index (κ2) is 4.56. The van der Waals surface area contributed by atoms with E-state index in [1.807, 2.05) is 10.7 Å². The van der Waals surface area contributed by atoms with Gasteiger partial charge in [-0.3, -0.25) is 0 Å². The van der Waals surface area contributed by atoms with Crippen LogP contribution in [0.1, 0.15) is 63.3 Å². The van der Waals surface area contributed by atoms with Gasteiger partial charge < -0.3 is 0 Å². The zero-order chi connectivity index (χ0) is 14.7. The molecule has 4 aliphatic carbocycles. The van der Waals surface area contributed by atoms with Gasteiger partial charge in [0.25, 0.3) is 0 Å². The summed E-state index contributed by atoms with van der Waals surface area (Å²) in [6.45, 7) is 2.25. The van der Waals surface area contributed by atoms with E-state index in [4.69, 9.17) is 4.98 Å². The minimum Gasteiger partial charge on any atom is -0.233 e. The van der Waals surface area contributed by atoms with Crippen molar-refractivity contribution in [3.63, 3.8) is 0 Å². The monoisotopic (exact) mass is 295 g/mol. The molecule has 3 heteroatoms. The van der Waals surface area contributed by atoms with E-state index in [2.05, 4.69) is 24.2 Å². The summed E-state index contributed by atoms with van der Waals surface area (Å²) < 4.78 is 2.05. The van der Waals surface area contributed by atoms with Crippen molar-refractivity contribution in [1.82, 2.24) is 14.6 Å². The molecule has 0 spiro atoms. The van der Waals surface area contributed by atoms with Crippen molar-refractivity contribution in [3.05, 3.63) is 29.7 Å². The molecule has 0 radical (unpaired) electrons. The van der Waals surface area contributed by atoms with Gasteiger partial charge in [-0.2, -0.15) is 5.10 Å². The summed E-state index contributed by atoms with van der Waals surface area (Å²) in [6, 6.07) is 4.47. The maximum Gasteiger partial charge on any atom is 0.155 e. The lowest BCUT2D eigenvalue weighted by molar-refractivity contribution is -0.00718. The van der Waals surface area contributed by atoms with E-state index in [9.17, 15) is 0 Å². The lowest BCUT2D eigenvalue weighted by Crippen LogP contribution is -2.49. The molecule has 2 heterocycles. The second-order valence-electron chi connectivity index (χ2n) is 8.18. The normalized spacial score (nSPS) is 36.3. The van der Waals surface area contributed by atoms with Crippen molar-refractivity contribution in [2.45, 2.75) is 63.7 Å². The first kappa shape index (κ1) is 13.1. The van der Waals surface area contributed by atoms with Crippen LogP contribution in [-0.4, -0.2) is 14.6 Å². The predicted molar refractivity (Wildman–Crippen MR) is 86.8 cm³/mol. The first-order chi connectivity index (χ1) is 10.8. The second-order valence-corrected chi connectivity index (χ2v) is 8.18. The van der Waals surface area contributed by atoms with E-state index in [0.717, 1.165) is 29.8 Å². The highest BCUT2D eigenvalue weighted by Crippen LogP contribution is 2.60. The topological polar surface area (TPSA) is 30.2 Å².